The topological polar surface area (TPSA) is 66.5 Å². The molecule has 90 valence electrons. The summed E-state index contributed by atoms with van der Waals surface area (Å²) in [7, 11) is 0. The molecule has 5 nitrogen and oxygen atoms in total. The Kier molecular flexibility index (Phi) is 2.79. The van der Waals surface area contributed by atoms with E-state index in [2.05, 4.69) is 21.5 Å². The first kappa shape index (κ1) is 10.9. The monoisotopic (exact) mass is 239 g/mol. The molecule has 0 amide bonds. The Morgan fingerprint density at radius 2 is 2.22 bits per heavy atom. The lowest BCUT2D eigenvalue weighted by molar-refractivity contribution is 0.582. The predicted octanol–water partition coefficient (Wildman–Crippen LogP) is 0.844. The van der Waals surface area contributed by atoms with E-state index in [1.165, 1.54) is 5.69 Å². The Hall–Kier alpha value is -2.19. The van der Waals surface area contributed by atoms with Crippen LogP contribution in [-0.4, -0.2) is 21.3 Å². The third-order valence-corrected chi connectivity index (χ3v) is 3.19. The maximum Gasteiger partial charge on any atom is 0.167 e. The van der Waals surface area contributed by atoms with Gasteiger partial charge in [0.1, 0.15) is 6.07 Å². The number of nitriles is 1. The molecule has 0 saturated heterocycles. The van der Waals surface area contributed by atoms with Crippen LogP contribution in [0, 0.1) is 11.3 Å². The van der Waals surface area contributed by atoms with Crippen molar-refractivity contribution in [3.8, 4) is 6.07 Å². The minimum absolute atomic E-state index is 0.547. The summed E-state index contributed by atoms with van der Waals surface area (Å²) in [5.41, 5.74) is 3.93. The van der Waals surface area contributed by atoms with Crippen molar-refractivity contribution in [1.82, 2.24) is 20.1 Å². The van der Waals surface area contributed by atoms with E-state index in [0.717, 1.165) is 30.6 Å². The van der Waals surface area contributed by atoms with Gasteiger partial charge in [0.05, 0.1) is 6.54 Å². The fraction of sp³-hybridized carbons (Fsp3) is 0.308. The van der Waals surface area contributed by atoms with Crippen LogP contribution in [0.25, 0.3) is 0 Å². The molecule has 2 aromatic heterocycles. The molecule has 3 heterocycles. The third kappa shape index (κ3) is 1.87. The first-order chi connectivity index (χ1) is 8.88. The Labute approximate surface area is 105 Å². The second-order valence-corrected chi connectivity index (χ2v) is 4.33. The van der Waals surface area contributed by atoms with Crippen molar-refractivity contribution >= 4 is 0 Å². The van der Waals surface area contributed by atoms with Gasteiger partial charge >= 0.3 is 0 Å². The molecule has 1 aliphatic rings. The van der Waals surface area contributed by atoms with Gasteiger partial charge in [-0.15, -0.1) is 0 Å². The van der Waals surface area contributed by atoms with Crippen molar-refractivity contribution in [2.24, 2.45) is 0 Å². The van der Waals surface area contributed by atoms with Crippen LogP contribution >= 0.6 is 0 Å². The molecule has 2 aromatic rings. The maximum atomic E-state index is 9.11. The van der Waals surface area contributed by atoms with Crippen LogP contribution < -0.4 is 5.32 Å². The molecule has 0 saturated carbocycles. The average molecular weight is 239 g/mol. The summed E-state index contributed by atoms with van der Waals surface area (Å²) in [5, 5.41) is 16.8. The molecule has 0 unspecified atom stereocenters. The first-order valence-corrected chi connectivity index (χ1v) is 5.97. The number of rotatable bonds is 2. The van der Waals surface area contributed by atoms with Gasteiger partial charge in [-0.3, -0.25) is 9.67 Å². The van der Waals surface area contributed by atoms with Gasteiger partial charge in [-0.2, -0.15) is 10.4 Å². The van der Waals surface area contributed by atoms with E-state index in [0.29, 0.717) is 12.2 Å². The van der Waals surface area contributed by atoms with E-state index >= 15 is 0 Å². The summed E-state index contributed by atoms with van der Waals surface area (Å²) < 4.78 is 1.95. The zero-order chi connectivity index (χ0) is 12.4. The number of pyridine rings is 1. The number of fused-ring (bicyclic) bond motifs is 1. The van der Waals surface area contributed by atoms with Crippen LogP contribution in [0.4, 0.5) is 0 Å². The van der Waals surface area contributed by atoms with Gasteiger partial charge in [-0.1, -0.05) is 0 Å². The van der Waals surface area contributed by atoms with Crippen LogP contribution in [0.5, 0.6) is 0 Å². The molecule has 1 aliphatic heterocycles. The van der Waals surface area contributed by atoms with Crippen molar-refractivity contribution < 1.29 is 0 Å². The normalized spacial score (nSPS) is 13.9. The minimum Gasteiger partial charge on any atom is -0.312 e. The first-order valence-electron chi connectivity index (χ1n) is 5.97. The van der Waals surface area contributed by atoms with E-state index in [-0.39, 0.29) is 0 Å². The summed E-state index contributed by atoms with van der Waals surface area (Å²) in [4.78, 5) is 4.00. The third-order valence-electron chi connectivity index (χ3n) is 3.19. The van der Waals surface area contributed by atoms with Crippen LogP contribution in [0.2, 0.25) is 0 Å². The highest BCUT2D eigenvalue weighted by molar-refractivity contribution is 5.37. The van der Waals surface area contributed by atoms with E-state index in [9.17, 15) is 0 Å². The number of aromatic nitrogens is 3. The highest BCUT2D eigenvalue weighted by Gasteiger charge is 2.20. The van der Waals surface area contributed by atoms with Gasteiger partial charge in [0.15, 0.2) is 5.69 Å². The highest BCUT2D eigenvalue weighted by atomic mass is 15.3. The zero-order valence-corrected chi connectivity index (χ0v) is 9.93. The zero-order valence-electron chi connectivity index (χ0n) is 9.93. The van der Waals surface area contributed by atoms with Crippen molar-refractivity contribution in [3.63, 3.8) is 0 Å². The summed E-state index contributed by atoms with van der Waals surface area (Å²) in [6, 6.07) is 6.12. The largest absolute Gasteiger partial charge is 0.312 e. The molecule has 0 bridgehead atoms. The number of nitrogens with zero attached hydrogens (tertiary/aromatic N) is 4. The van der Waals surface area contributed by atoms with Crippen molar-refractivity contribution in [2.45, 2.75) is 19.5 Å². The van der Waals surface area contributed by atoms with Gasteiger partial charge in [0.25, 0.3) is 0 Å². The lowest BCUT2D eigenvalue weighted by Crippen LogP contribution is -2.25. The summed E-state index contributed by atoms with van der Waals surface area (Å²) in [5.74, 6) is 0. The maximum absolute atomic E-state index is 9.11. The Balaban J connectivity index is 1.98. The second kappa shape index (κ2) is 4.59. The molecule has 5 heteroatoms. The summed E-state index contributed by atoms with van der Waals surface area (Å²) in [6.45, 7) is 2.39. The van der Waals surface area contributed by atoms with Gasteiger partial charge in [-0.05, 0) is 17.7 Å². The lowest BCUT2D eigenvalue weighted by Gasteiger charge is -2.15. The van der Waals surface area contributed by atoms with E-state index < -0.39 is 0 Å². The molecule has 0 aliphatic carbocycles. The van der Waals surface area contributed by atoms with Crippen molar-refractivity contribution in [1.29, 1.82) is 5.26 Å². The van der Waals surface area contributed by atoms with Crippen LogP contribution in [-0.2, 0) is 19.5 Å². The van der Waals surface area contributed by atoms with Crippen LogP contribution in [0.15, 0.2) is 24.5 Å². The number of hydrogen-bond donors (Lipinski definition) is 1. The highest BCUT2D eigenvalue weighted by Crippen LogP contribution is 2.18. The molecule has 1 N–H and O–H groups in total. The van der Waals surface area contributed by atoms with E-state index in [4.69, 9.17) is 5.26 Å². The number of nitrogens with one attached hydrogen (secondary N) is 1. The summed E-state index contributed by atoms with van der Waals surface area (Å²) in [6.07, 6.45) is 4.48. The molecule has 0 spiro atoms. The number of hydrogen-bond acceptors (Lipinski definition) is 4. The van der Waals surface area contributed by atoms with E-state index in [1.54, 1.807) is 12.4 Å². The molecule has 0 radical (unpaired) electrons. The molecule has 0 atom stereocenters. The van der Waals surface area contributed by atoms with Gasteiger partial charge in [0.2, 0.25) is 0 Å². The SMILES string of the molecule is N#Cc1nn(Cc2ccncc2)c2c1CNCC2. The van der Waals surface area contributed by atoms with Crippen molar-refractivity contribution in [3.05, 3.63) is 47.0 Å². The predicted molar refractivity (Wildman–Crippen MR) is 65.7 cm³/mol. The molecule has 0 aromatic carbocycles. The minimum atomic E-state index is 0.547. The smallest absolute Gasteiger partial charge is 0.167 e. The van der Waals surface area contributed by atoms with Gasteiger partial charge < -0.3 is 5.32 Å². The fourth-order valence-corrected chi connectivity index (χ4v) is 2.30. The van der Waals surface area contributed by atoms with Crippen molar-refractivity contribution in [2.75, 3.05) is 6.54 Å². The van der Waals surface area contributed by atoms with Crippen LogP contribution in [0.1, 0.15) is 22.5 Å². The fourth-order valence-electron chi connectivity index (χ4n) is 2.30. The Bertz CT molecular complexity index is 594. The van der Waals surface area contributed by atoms with Crippen LogP contribution in [0.3, 0.4) is 0 Å². The molecular formula is C13H13N5. The second-order valence-electron chi connectivity index (χ2n) is 4.33. The molecular weight excluding hydrogens is 226 g/mol. The van der Waals surface area contributed by atoms with Gasteiger partial charge in [-0.25, -0.2) is 0 Å². The summed E-state index contributed by atoms with van der Waals surface area (Å²) >= 11 is 0. The molecule has 0 fully saturated rings. The van der Waals surface area contributed by atoms with Gasteiger partial charge in [0, 0.05) is 43.2 Å². The quantitative estimate of drug-likeness (QED) is 0.843. The Morgan fingerprint density at radius 1 is 1.39 bits per heavy atom. The average Bonchev–Trinajstić information content (AvgIpc) is 2.78. The Morgan fingerprint density at radius 3 is 3.00 bits per heavy atom. The standard InChI is InChI=1S/C13H13N5/c14-7-12-11-8-16-6-3-13(11)18(17-12)9-10-1-4-15-5-2-10/h1-2,4-5,16H,3,6,8-9H2. The molecule has 18 heavy (non-hydrogen) atoms. The lowest BCUT2D eigenvalue weighted by atomic mass is 10.1. The molecule has 3 rings (SSSR count). The van der Waals surface area contributed by atoms with E-state index in [1.807, 2.05) is 16.8 Å².